The molecule has 0 atom stereocenters. The Balaban J connectivity index is 2.10. The third-order valence-electron chi connectivity index (χ3n) is 4.65. The molecule has 1 amide bonds. The van der Waals surface area contributed by atoms with Crippen LogP contribution in [0.3, 0.4) is 0 Å². The summed E-state index contributed by atoms with van der Waals surface area (Å²) in [6, 6.07) is 15.4. The Kier molecular flexibility index (Phi) is 6.88. The maximum atomic E-state index is 12.9. The molecule has 0 aliphatic rings. The summed E-state index contributed by atoms with van der Waals surface area (Å²) in [4.78, 5) is 19.3. The van der Waals surface area contributed by atoms with Crippen LogP contribution in [0.5, 0.6) is 11.5 Å². The van der Waals surface area contributed by atoms with E-state index in [1.807, 2.05) is 18.2 Å². The molecule has 0 spiro atoms. The quantitative estimate of drug-likeness (QED) is 0.554. The van der Waals surface area contributed by atoms with Crippen LogP contribution in [0.1, 0.15) is 35.5 Å². The number of hydrogen-bond acceptors (Lipinski definition) is 4. The lowest BCUT2D eigenvalue weighted by molar-refractivity contribution is 0.0997. The second kappa shape index (κ2) is 9.56. The molecule has 6 heteroatoms. The van der Waals surface area contributed by atoms with E-state index in [4.69, 9.17) is 9.47 Å². The van der Waals surface area contributed by atoms with Crippen molar-refractivity contribution in [2.24, 2.45) is 4.99 Å². The second-order valence-corrected chi connectivity index (χ2v) is 7.57. The molecule has 3 aromatic rings. The monoisotopic (exact) mass is 410 g/mol. The van der Waals surface area contributed by atoms with Crippen LogP contribution in [0.25, 0.3) is 11.3 Å². The fourth-order valence-corrected chi connectivity index (χ4v) is 4.58. The van der Waals surface area contributed by atoms with Crippen molar-refractivity contribution in [3.05, 3.63) is 63.8 Å². The highest BCUT2D eigenvalue weighted by Crippen LogP contribution is 2.29. The number of carbonyl (C=O) groups excluding carboxylic acids is 1. The maximum Gasteiger partial charge on any atom is 0.279 e. The molecule has 0 aliphatic carbocycles. The number of ether oxygens (including phenoxy) is 2. The number of amides is 1. The van der Waals surface area contributed by atoms with E-state index in [1.165, 1.54) is 4.88 Å². The Morgan fingerprint density at radius 1 is 1.03 bits per heavy atom. The number of hydrogen-bond donors (Lipinski definition) is 0. The van der Waals surface area contributed by atoms with Gasteiger partial charge in [-0.2, -0.15) is 4.99 Å². The summed E-state index contributed by atoms with van der Waals surface area (Å²) in [5.74, 6) is 0.803. The van der Waals surface area contributed by atoms with Crippen LogP contribution in [0, 0.1) is 0 Å². The van der Waals surface area contributed by atoms with Crippen LogP contribution in [-0.4, -0.2) is 24.7 Å². The Morgan fingerprint density at radius 2 is 1.76 bits per heavy atom. The largest absolute Gasteiger partial charge is 0.493 e. The first-order valence-corrected chi connectivity index (χ1v) is 10.5. The van der Waals surface area contributed by atoms with Crippen molar-refractivity contribution in [2.45, 2.75) is 33.2 Å². The van der Waals surface area contributed by atoms with Gasteiger partial charge in [-0.3, -0.25) is 4.79 Å². The average Bonchev–Trinajstić information content (AvgIpc) is 3.10. The predicted molar refractivity (Wildman–Crippen MR) is 117 cm³/mol. The number of nitrogens with zero attached hydrogens (tertiary/aromatic N) is 2. The van der Waals surface area contributed by atoms with Crippen molar-refractivity contribution in [2.75, 3.05) is 14.2 Å². The summed E-state index contributed by atoms with van der Waals surface area (Å²) >= 11 is 1.59. The number of methoxy groups -OCH3 is 2. The van der Waals surface area contributed by atoms with Crippen molar-refractivity contribution in [3.63, 3.8) is 0 Å². The smallest absolute Gasteiger partial charge is 0.279 e. The molecule has 3 rings (SSSR count). The molecule has 0 saturated carbocycles. The molecule has 2 aromatic carbocycles. The molecule has 0 radical (unpaired) electrons. The van der Waals surface area contributed by atoms with Gasteiger partial charge in [0.25, 0.3) is 5.91 Å². The first-order valence-electron chi connectivity index (χ1n) is 9.71. The van der Waals surface area contributed by atoms with Crippen molar-refractivity contribution < 1.29 is 14.3 Å². The summed E-state index contributed by atoms with van der Waals surface area (Å²) in [5, 5.41) is 0. The molecule has 29 heavy (non-hydrogen) atoms. The van der Waals surface area contributed by atoms with Crippen molar-refractivity contribution in [1.82, 2.24) is 4.57 Å². The number of rotatable bonds is 7. The van der Waals surface area contributed by atoms with Gasteiger partial charge in [0.2, 0.25) is 0 Å². The van der Waals surface area contributed by atoms with Crippen LogP contribution in [0.4, 0.5) is 0 Å². The minimum atomic E-state index is -0.294. The Hall–Kier alpha value is -2.86. The van der Waals surface area contributed by atoms with Gasteiger partial charge in [0.1, 0.15) is 0 Å². The zero-order valence-electron chi connectivity index (χ0n) is 17.3. The molecule has 5 nitrogen and oxygen atoms in total. The van der Waals surface area contributed by atoms with E-state index in [0.29, 0.717) is 17.1 Å². The molecule has 0 saturated heterocycles. The van der Waals surface area contributed by atoms with E-state index in [-0.39, 0.29) is 5.91 Å². The lowest BCUT2D eigenvalue weighted by atomic mass is 10.1. The zero-order valence-corrected chi connectivity index (χ0v) is 18.1. The first kappa shape index (κ1) is 20.9. The van der Waals surface area contributed by atoms with Crippen molar-refractivity contribution in [1.29, 1.82) is 0 Å². The molecule has 152 valence electrons. The van der Waals surface area contributed by atoms with Gasteiger partial charge in [-0.05, 0) is 37.1 Å². The van der Waals surface area contributed by atoms with Gasteiger partial charge in [-0.25, -0.2) is 0 Å². The first-order chi connectivity index (χ1) is 14.1. The third kappa shape index (κ3) is 4.43. The summed E-state index contributed by atoms with van der Waals surface area (Å²) in [6.45, 7) is 4.98. The number of thiazole rings is 1. The van der Waals surface area contributed by atoms with E-state index >= 15 is 0 Å². The van der Waals surface area contributed by atoms with Gasteiger partial charge < -0.3 is 14.0 Å². The molecule has 0 unspecified atom stereocenters. The number of aromatic nitrogens is 1. The van der Waals surface area contributed by atoms with Crippen molar-refractivity contribution >= 4 is 17.2 Å². The number of aryl methyl sites for hydroxylation is 1. The number of benzene rings is 2. The lowest BCUT2D eigenvalue weighted by Crippen LogP contribution is -2.17. The SMILES string of the molecule is CCCc1sc(=NC(=O)c2ccc(OC)c(OC)c2)n(CC)c1-c1ccccc1. The molecular formula is C23H26N2O3S. The van der Waals surface area contributed by atoms with Crippen LogP contribution in [0.15, 0.2) is 53.5 Å². The van der Waals surface area contributed by atoms with Gasteiger partial charge in [0.15, 0.2) is 16.3 Å². The number of carbonyl (C=O) groups is 1. The zero-order chi connectivity index (χ0) is 20.8. The van der Waals surface area contributed by atoms with Crippen LogP contribution < -0.4 is 14.3 Å². The average molecular weight is 411 g/mol. The van der Waals surface area contributed by atoms with Crippen LogP contribution in [0.2, 0.25) is 0 Å². The molecular weight excluding hydrogens is 384 g/mol. The molecule has 0 aliphatic heterocycles. The molecule has 0 fully saturated rings. The van der Waals surface area contributed by atoms with E-state index in [9.17, 15) is 4.79 Å². The summed E-state index contributed by atoms with van der Waals surface area (Å²) < 4.78 is 12.7. The fraction of sp³-hybridized carbons (Fsp3) is 0.304. The highest BCUT2D eigenvalue weighted by atomic mass is 32.1. The summed E-state index contributed by atoms with van der Waals surface area (Å²) in [5.41, 5.74) is 2.77. The Bertz CT molecular complexity index is 1050. The lowest BCUT2D eigenvalue weighted by Gasteiger charge is -2.09. The van der Waals surface area contributed by atoms with E-state index in [0.717, 1.165) is 35.4 Å². The van der Waals surface area contributed by atoms with Crippen LogP contribution >= 0.6 is 11.3 Å². The normalized spacial score (nSPS) is 11.5. The topological polar surface area (TPSA) is 52.8 Å². The second-order valence-electron chi connectivity index (χ2n) is 6.50. The van der Waals surface area contributed by atoms with E-state index < -0.39 is 0 Å². The molecule has 1 heterocycles. The standard InChI is InChI=1S/C23H26N2O3S/c1-5-10-20-21(16-11-8-7-9-12-16)25(6-2)23(29-20)24-22(26)17-13-14-18(27-3)19(15-17)28-4/h7-9,11-15H,5-6,10H2,1-4H3. The van der Waals surface area contributed by atoms with E-state index in [1.54, 1.807) is 43.8 Å². The summed E-state index contributed by atoms with van der Waals surface area (Å²) in [6.07, 6.45) is 1.99. The molecule has 1 aromatic heterocycles. The van der Waals surface area contributed by atoms with Gasteiger partial charge in [-0.15, -0.1) is 11.3 Å². The predicted octanol–water partition coefficient (Wildman–Crippen LogP) is 4.95. The van der Waals surface area contributed by atoms with Gasteiger partial charge in [0.05, 0.1) is 19.9 Å². The fourth-order valence-electron chi connectivity index (χ4n) is 3.27. The minimum Gasteiger partial charge on any atom is -0.493 e. The van der Waals surface area contributed by atoms with E-state index in [2.05, 4.69) is 35.5 Å². The Morgan fingerprint density at radius 3 is 2.38 bits per heavy atom. The van der Waals surface area contributed by atoms with Gasteiger partial charge in [0, 0.05) is 17.0 Å². The van der Waals surface area contributed by atoms with Crippen LogP contribution in [-0.2, 0) is 13.0 Å². The molecule has 0 N–H and O–H groups in total. The Labute approximate surface area is 175 Å². The summed E-state index contributed by atoms with van der Waals surface area (Å²) in [7, 11) is 3.12. The van der Waals surface area contributed by atoms with Crippen molar-refractivity contribution in [3.8, 4) is 22.8 Å². The van der Waals surface area contributed by atoms with Gasteiger partial charge >= 0.3 is 0 Å². The third-order valence-corrected chi connectivity index (χ3v) is 5.79. The molecule has 0 bridgehead atoms. The highest BCUT2D eigenvalue weighted by molar-refractivity contribution is 7.09. The van der Waals surface area contributed by atoms with Gasteiger partial charge in [-0.1, -0.05) is 43.7 Å². The maximum absolute atomic E-state index is 12.9. The minimum absolute atomic E-state index is 0.294. The highest BCUT2D eigenvalue weighted by Gasteiger charge is 2.16.